The summed E-state index contributed by atoms with van der Waals surface area (Å²) in [6, 6.07) is 7.09. The van der Waals surface area contributed by atoms with Crippen LogP contribution in [-0.4, -0.2) is 21.0 Å². The highest BCUT2D eigenvalue weighted by Crippen LogP contribution is 2.41. The molecule has 0 saturated carbocycles. The van der Waals surface area contributed by atoms with Gasteiger partial charge in [-0.15, -0.1) is 0 Å². The Kier molecular flexibility index (Phi) is 1.77. The summed E-state index contributed by atoms with van der Waals surface area (Å²) < 4.78 is 0. The van der Waals surface area contributed by atoms with Crippen LogP contribution in [0, 0.1) is 0 Å². The van der Waals surface area contributed by atoms with Crippen molar-refractivity contribution in [2.45, 2.75) is 5.92 Å². The Bertz CT molecular complexity index is 535. The molecule has 0 radical (unpaired) electrons. The highest BCUT2D eigenvalue weighted by molar-refractivity contribution is 5.90. The molecular weight excluding hydrogens is 204 g/mol. The number of fused-ring (bicyclic) bond motifs is 3. The number of carbonyl (C=O) groups is 1. The molecule has 3 rings (SSSR count). The average molecular weight is 212 g/mol. The van der Waals surface area contributed by atoms with E-state index in [1.807, 2.05) is 0 Å². The van der Waals surface area contributed by atoms with Gasteiger partial charge in [-0.1, -0.05) is 12.1 Å². The fourth-order valence-corrected chi connectivity index (χ4v) is 2.13. The minimum atomic E-state index is -0.860. The lowest BCUT2D eigenvalue weighted by molar-refractivity contribution is -0.137. The maximum absolute atomic E-state index is 11.3. The lowest BCUT2D eigenvalue weighted by atomic mass is 9.99. The smallest absolute Gasteiger partial charge is 0.315 e. The fraction of sp³-hybridized carbons (Fsp3) is 0.0833. The first-order chi connectivity index (χ1) is 7.79. The van der Waals surface area contributed by atoms with Crippen molar-refractivity contribution in [3.63, 3.8) is 0 Å². The van der Waals surface area contributed by atoms with Gasteiger partial charge < -0.3 is 5.11 Å². The summed E-state index contributed by atoms with van der Waals surface area (Å²) in [4.78, 5) is 19.7. The van der Waals surface area contributed by atoms with E-state index in [4.69, 9.17) is 0 Å². The molecule has 2 aromatic rings. The SMILES string of the molecule is O=C(O)C1c2cccnc2-c2ncccc21. The van der Waals surface area contributed by atoms with Crippen molar-refractivity contribution in [1.82, 2.24) is 9.97 Å². The van der Waals surface area contributed by atoms with E-state index in [0.29, 0.717) is 11.4 Å². The lowest BCUT2D eigenvalue weighted by Crippen LogP contribution is -2.10. The number of aromatic nitrogens is 2. The molecule has 0 spiro atoms. The van der Waals surface area contributed by atoms with Crippen LogP contribution in [0.2, 0.25) is 0 Å². The predicted molar refractivity (Wildman–Crippen MR) is 56.9 cm³/mol. The molecule has 16 heavy (non-hydrogen) atoms. The van der Waals surface area contributed by atoms with Gasteiger partial charge in [-0.2, -0.15) is 0 Å². The molecular formula is C12H8N2O2. The summed E-state index contributed by atoms with van der Waals surface area (Å²) in [5.74, 6) is -1.49. The van der Waals surface area contributed by atoms with Gasteiger partial charge in [0.1, 0.15) is 5.92 Å². The first-order valence-corrected chi connectivity index (χ1v) is 4.92. The normalized spacial score (nSPS) is 13.2. The monoisotopic (exact) mass is 212 g/mol. The maximum Gasteiger partial charge on any atom is 0.315 e. The number of hydrogen-bond donors (Lipinski definition) is 1. The fourth-order valence-electron chi connectivity index (χ4n) is 2.13. The third kappa shape index (κ3) is 1.07. The zero-order chi connectivity index (χ0) is 11.1. The molecule has 0 bridgehead atoms. The van der Waals surface area contributed by atoms with Gasteiger partial charge in [0.15, 0.2) is 0 Å². The zero-order valence-electron chi connectivity index (χ0n) is 8.29. The molecule has 0 saturated heterocycles. The van der Waals surface area contributed by atoms with Crippen molar-refractivity contribution < 1.29 is 9.90 Å². The average Bonchev–Trinajstić information content (AvgIpc) is 2.63. The first-order valence-electron chi connectivity index (χ1n) is 4.92. The van der Waals surface area contributed by atoms with E-state index in [2.05, 4.69) is 9.97 Å². The maximum atomic E-state index is 11.3. The second-order valence-electron chi connectivity index (χ2n) is 3.65. The van der Waals surface area contributed by atoms with Gasteiger partial charge in [-0.3, -0.25) is 14.8 Å². The second kappa shape index (κ2) is 3.13. The van der Waals surface area contributed by atoms with Crippen LogP contribution in [0.15, 0.2) is 36.7 Å². The van der Waals surface area contributed by atoms with Crippen LogP contribution in [0.3, 0.4) is 0 Å². The molecule has 0 unspecified atom stereocenters. The molecule has 0 aliphatic heterocycles. The van der Waals surface area contributed by atoms with Gasteiger partial charge in [-0.25, -0.2) is 0 Å². The third-order valence-electron chi connectivity index (χ3n) is 2.77. The first kappa shape index (κ1) is 9.03. The van der Waals surface area contributed by atoms with E-state index in [1.54, 1.807) is 36.7 Å². The van der Waals surface area contributed by atoms with E-state index in [1.165, 1.54) is 0 Å². The summed E-state index contributed by atoms with van der Waals surface area (Å²) in [7, 11) is 0. The summed E-state index contributed by atoms with van der Waals surface area (Å²) in [6.07, 6.45) is 3.31. The van der Waals surface area contributed by atoms with Gasteiger partial charge in [0.25, 0.3) is 0 Å². The Morgan fingerprint density at radius 3 is 2.00 bits per heavy atom. The van der Waals surface area contributed by atoms with Crippen molar-refractivity contribution in [3.8, 4) is 11.4 Å². The van der Waals surface area contributed by atoms with Crippen LogP contribution in [0.5, 0.6) is 0 Å². The van der Waals surface area contributed by atoms with Crippen LogP contribution in [-0.2, 0) is 4.79 Å². The molecule has 78 valence electrons. The van der Waals surface area contributed by atoms with Gasteiger partial charge in [0, 0.05) is 12.4 Å². The van der Waals surface area contributed by atoms with Crippen molar-refractivity contribution in [1.29, 1.82) is 0 Å². The lowest BCUT2D eigenvalue weighted by Gasteiger charge is -2.05. The summed E-state index contributed by atoms with van der Waals surface area (Å²) in [6.45, 7) is 0. The topological polar surface area (TPSA) is 63.1 Å². The van der Waals surface area contributed by atoms with E-state index in [0.717, 1.165) is 11.1 Å². The number of carboxylic acid groups (broad SMARTS) is 1. The molecule has 4 nitrogen and oxygen atoms in total. The molecule has 0 fully saturated rings. The summed E-state index contributed by atoms with van der Waals surface area (Å²) in [5, 5.41) is 9.25. The van der Waals surface area contributed by atoms with Crippen molar-refractivity contribution in [2.24, 2.45) is 0 Å². The van der Waals surface area contributed by atoms with Crippen molar-refractivity contribution in [3.05, 3.63) is 47.8 Å². The molecule has 2 heterocycles. The Morgan fingerprint density at radius 1 is 1.06 bits per heavy atom. The van der Waals surface area contributed by atoms with Gasteiger partial charge in [0.05, 0.1) is 11.4 Å². The zero-order valence-corrected chi connectivity index (χ0v) is 8.29. The van der Waals surface area contributed by atoms with Crippen LogP contribution in [0.4, 0.5) is 0 Å². The highest BCUT2D eigenvalue weighted by Gasteiger charge is 2.35. The number of rotatable bonds is 1. The molecule has 0 amide bonds. The molecule has 4 heteroatoms. The van der Waals surface area contributed by atoms with E-state index >= 15 is 0 Å². The highest BCUT2D eigenvalue weighted by atomic mass is 16.4. The Hall–Kier alpha value is -2.23. The Balaban J connectivity index is 2.34. The number of aliphatic carboxylic acids is 1. The van der Waals surface area contributed by atoms with Crippen LogP contribution >= 0.6 is 0 Å². The van der Waals surface area contributed by atoms with Gasteiger partial charge >= 0.3 is 5.97 Å². The molecule has 0 atom stereocenters. The molecule has 1 aliphatic rings. The number of hydrogen-bond acceptors (Lipinski definition) is 3. The molecule has 1 N–H and O–H groups in total. The predicted octanol–water partition coefficient (Wildman–Crippen LogP) is 1.67. The Morgan fingerprint density at radius 2 is 1.56 bits per heavy atom. The number of pyridine rings is 2. The standard InChI is InChI=1S/C12H8N2O2/c15-12(16)9-7-3-1-5-13-10(7)11-8(9)4-2-6-14-11/h1-6,9H,(H,15,16). The van der Waals surface area contributed by atoms with Crippen molar-refractivity contribution >= 4 is 5.97 Å². The van der Waals surface area contributed by atoms with Gasteiger partial charge in [-0.05, 0) is 23.3 Å². The van der Waals surface area contributed by atoms with E-state index < -0.39 is 11.9 Å². The number of carboxylic acids is 1. The van der Waals surface area contributed by atoms with Gasteiger partial charge in [0.2, 0.25) is 0 Å². The minimum Gasteiger partial charge on any atom is -0.481 e. The van der Waals surface area contributed by atoms with Crippen LogP contribution in [0.1, 0.15) is 17.0 Å². The second-order valence-corrected chi connectivity index (χ2v) is 3.65. The van der Waals surface area contributed by atoms with Crippen LogP contribution < -0.4 is 0 Å². The van der Waals surface area contributed by atoms with E-state index in [9.17, 15) is 9.90 Å². The van der Waals surface area contributed by atoms with Crippen LogP contribution in [0.25, 0.3) is 11.4 Å². The van der Waals surface area contributed by atoms with Crippen molar-refractivity contribution in [2.75, 3.05) is 0 Å². The van der Waals surface area contributed by atoms with E-state index in [-0.39, 0.29) is 0 Å². The molecule has 0 aromatic carbocycles. The summed E-state index contributed by atoms with van der Waals surface area (Å²) in [5.41, 5.74) is 2.82. The molecule has 1 aliphatic carbocycles. The Labute approximate surface area is 91.6 Å². The molecule has 2 aromatic heterocycles. The quantitative estimate of drug-likeness (QED) is 0.781. The minimum absolute atomic E-state index is 0.632. The third-order valence-corrected chi connectivity index (χ3v) is 2.77. The summed E-state index contributed by atoms with van der Waals surface area (Å²) >= 11 is 0. The largest absolute Gasteiger partial charge is 0.481 e. The number of nitrogens with zero attached hydrogens (tertiary/aromatic N) is 2.